The Bertz CT molecular complexity index is 469. The van der Waals surface area contributed by atoms with Gasteiger partial charge in [0.05, 0.1) is 19.0 Å². The number of hydrogen-bond donors (Lipinski definition) is 0. The van der Waals surface area contributed by atoms with Gasteiger partial charge >= 0.3 is 0 Å². The minimum absolute atomic E-state index is 0.337. The van der Waals surface area contributed by atoms with Gasteiger partial charge < -0.3 is 14.5 Å². The molecule has 5 nitrogen and oxygen atoms in total. The molecule has 0 saturated carbocycles. The smallest absolute Gasteiger partial charge is 0.225 e. The Hall–Kier alpha value is -1.27. The van der Waals surface area contributed by atoms with Crippen LogP contribution in [0, 0.1) is 11.2 Å². The normalized spacial score (nSPS) is 26.7. The second kappa shape index (κ2) is 6.23. The number of halogens is 1. The number of hydrogen-bond acceptors (Lipinski definition) is 5. The summed E-state index contributed by atoms with van der Waals surface area (Å²) in [6.45, 7) is 6.00. The topological polar surface area (TPSA) is 41.5 Å². The van der Waals surface area contributed by atoms with Crippen molar-refractivity contribution < 1.29 is 9.13 Å². The molecule has 116 valence electrons. The third-order valence-electron chi connectivity index (χ3n) is 4.68. The van der Waals surface area contributed by atoms with Crippen LogP contribution in [-0.4, -0.2) is 61.3 Å². The lowest BCUT2D eigenvalue weighted by atomic mass is 9.79. The van der Waals surface area contributed by atoms with E-state index in [0.717, 1.165) is 45.8 Å². The van der Waals surface area contributed by atoms with Gasteiger partial charge in [0.1, 0.15) is 0 Å². The maximum atomic E-state index is 13.0. The summed E-state index contributed by atoms with van der Waals surface area (Å²) in [5, 5.41) is 0. The molecule has 0 bridgehead atoms. The third-order valence-corrected chi connectivity index (χ3v) is 4.68. The fraction of sp³-hybridized carbons (Fsp3) is 0.733. The monoisotopic (exact) mass is 294 g/mol. The van der Waals surface area contributed by atoms with E-state index in [9.17, 15) is 4.39 Å². The molecule has 1 atom stereocenters. The molecule has 2 fully saturated rings. The summed E-state index contributed by atoms with van der Waals surface area (Å²) in [5.41, 5.74) is 0.337. The Morgan fingerprint density at radius 1 is 1.24 bits per heavy atom. The van der Waals surface area contributed by atoms with Crippen LogP contribution in [0.15, 0.2) is 12.4 Å². The number of anilines is 1. The van der Waals surface area contributed by atoms with E-state index in [2.05, 4.69) is 19.8 Å². The number of methoxy groups -OCH3 is 1. The highest BCUT2D eigenvalue weighted by Gasteiger charge is 2.41. The molecular weight excluding hydrogens is 271 g/mol. The first-order chi connectivity index (χ1) is 10.2. The van der Waals surface area contributed by atoms with Crippen molar-refractivity contribution in [2.24, 2.45) is 5.41 Å². The fourth-order valence-electron chi connectivity index (χ4n) is 3.62. The number of piperidine rings is 1. The van der Waals surface area contributed by atoms with Crippen molar-refractivity contribution in [2.75, 3.05) is 51.3 Å². The van der Waals surface area contributed by atoms with E-state index < -0.39 is 0 Å². The zero-order chi connectivity index (χ0) is 14.7. The molecule has 0 aliphatic carbocycles. The fourth-order valence-corrected chi connectivity index (χ4v) is 3.62. The van der Waals surface area contributed by atoms with Crippen LogP contribution >= 0.6 is 0 Å². The summed E-state index contributed by atoms with van der Waals surface area (Å²) < 4.78 is 18.1. The van der Waals surface area contributed by atoms with Gasteiger partial charge in [-0.05, 0) is 25.8 Å². The average Bonchev–Trinajstić information content (AvgIpc) is 2.88. The van der Waals surface area contributed by atoms with Crippen molar-refractivity contribution in [1.82, 2.24) is 14.9 Å². The predicted octanol–water partition coefficient (Wildman–Crippen LogP) is 1.55. The molecule has 2 aliphatic rings. The van der Waals surface area contributed by atoms with Gasteiger partial charge in [0, 0.05) is 38.7 Å². The van der Waals surface area contributed by atoms with Crippen molar-refractivity contribution in [3.05, 3.63) is 18.2 Å². The first kappa shape index (κ1) is 14.7. The molecule has 0 aromatic carbocycles. The van der Waals surface area contributed by atoms with Crippen molar-refractivity contribution in [3.8, 4) is 0 Å². The van der Waals surface area contributed by atoms with Crippen molar-refractivity contribution in [3.63, 3.8) is 0 Å². The largest absolute Gasteiger partial charge is 0.383 e. The number of likely N-dealkylation sites (tertiary alicyclic amines) is 1. The minimum Gasteiger partial charge on any atom is -0.383 e. The quantitative estimate of drug-likeness (QED) is 0.843. The highest BCUT2D eigenvalue weighted by molar-refractivity contribution is 5.30. The van der Waals surface area contributed by atoms with Crippen LogP contribution in [0.5, 0.6) is 0 Å². The summed E-state index contributed by atoms with van der Waals surface area (Å²) in [5.74, 6) is 0.280. The van der Waals surface area contributed by atoms with E-state index in [4.69, 9.17) is 4.74 Å². The molecule has 1 aromatic rings. The maximum absolute atomic E-state index is 13.0. The molecule has 1 spiro atoms. The molecule has 2 aliphatic heterocycles. The molecule has 0 radical (unpaired) electrons. The summed E-state index contributed by atoms with van der Waals surface area (Å²) in [7, 11) is 1.75. The predicted molar refractivity (Wildman–Crippen MR) is 78.8 cm³/mol. The van der Waals surface area contributed by atoms with Gasteiger partial charge in [-0.15, -0.1) is 0 Å². The average molecular weight is 294 g/mol. The minimum atomic E-state index is -0.378. The Labute approximate surface area is 125 Å². The molecule has 0 amide bonds. The summed E-state index contributed by atoms with van der Waals surface area (Å²) in [6.07, 6.45) is 6.13. The van der Waals surface area contributed by atoms with Gasteiger partial charge in [-0.25, -0.2) is 14.4 Å². The summed E-state index contributed by atoms with van der Waals surface area (Å²) >= 11 is 0. The molecule has 0 N–H and O–H groups in total. The van der Waals surface area contributed by atoms with Crippen LogP contribution < -0.4 is 4.90 Å². The van der Waals surface area contributed by atoms with Crippen LogP contribution in [-0.2, 0) is 4.74 Å². The number of aromatic nitrogens is 2. The first-order valence-corrected chi connectivity index (χ1v) is 7.65. The van der Waals surface area contributed by atoms with Gasteiger partial charge in [-0.1, -0.05) is 0 Å². The van der Waals surface area contributed by atoms with E-state index in [1.165, 1.54) is 25.2 Å². The SMILES string of the molecule is COCCN1CCC2(CCCN(c3ncc(F)cn3)C2)C1. The van der Waals surface area contributed by atoms with Crippen molar-refractivity contribution in [2.45, 2.75) is 19.3 Å². The highest BCUT2D eigenvalue weighted by atomic mass is 19.1. The number of nitrogens with zero attached hydrogens (tertiary/aromatic N) is 4. The Kier molecular flexibility index (Phi) is 4.35. The Morgan fingerprint density at radius 2 is 2.05 bits per heavy atom. The van der Waals surface area contributed by atoms with Gasteiger partial charge in [-0.3, -0.25) is 0 Å². The van der Waals surface area contributed by atoms with E-state index >= 15 is 0 Å². The lowest BCUT2D eigenvalue weighted by Gasteiger charge is -2.40. The molecule has 1 unspecified atom stereocenters. The van der Waals surface area contributed by atoms with E-state index in [-0.39, 0.29) is 5.82 Å². The standard InChI is InChI=1S/C15H23FN4O/c1-21-8-7-19-6-4-15(11-19)3-2-5-20(12-15)14-17-9-13(16)10-18-14/h9-10H,2-8,11-12H2,1H3. The molecule has 21 heavy (non-hydrogen) atoms. The molecule has 1 aromatic heterocycles. The Morgan fingerprint density at radius 3 is 2.81 bits per heavy atom. The highest BCUT2D eigenvalue weighted by Crippen LogP contribution is 2.39. The van der Waals surface area contributed by atoms with Crippen LogP contribution in [0.3, 0.4) is 0 Å². The van der Waals surface area contributed by atoms with Crippen LogP contribution in [0.2, 0.25) is 0 Å². The first-order valence-electron chi connectivity index (χ1n) is 7.65. The summed E-state index contributed by atoms with van der Waals surface area (Å²) in [6, 6.07) is 0. The molecule has 2 saturated heterocycles. The second-order valence-electron chi connectivity index (χ2n) is 6.25. The Balaban J connectivity index is 1.64. The van der Waals surface area contributed by atoms with Gasteiger partial charge in [0.25, 0.3) is 0 Å². The zero-order valence-electron chi connectivity index (χ0n) is 12.6. The van der Waals surface area contributed by atoms with E-state index in [1.807, 2.05) is 0 Å². The van der Waals surface area contributed by atoms with Crippen molar-refractivity contribution in [1.29, 1.82) is 0 Å². The van der Waals surface area contributed by atoms with Gasteiger partial charge in [0.15, 0.2) is 5.82 Å². The summed E-state index contributed by atoms with van der Waals surface area (Å²) in [4.78, 5) is 13.0. The lowest BCUT2D eigenvalue weighted by Crippen LogP contribution is -2.45. The number of rotatable bonds is 4. The third kappa shape index (κ3) is 3.32. The molecule has 3 rings (SSSR count). The molecule has 6 heteroatoms. The number of ether oxygens (including phenoxy) is 1. The lowest BCUT2D eigenvalue weighted by molar-refractivity contribution is 0.148. The van der Waals surface area contributed by atoms with E-state index in [1.54, 1.807) is 7.11 Å². The van der Waals surface area contributed by atoms with E-state index in [0.29, 0.717) is 11.4 Å². The van der Waals surface area contributed by atoms with Gasteiger partial charge in [0.2, 0.25) is 5.95 Å². The molecule has 3 heterocycles. The maximum Gasteiger partial charge on any atom is 0.225 e. The van der Waals surface area contributed by atoms with Crippen LogP contribution in [0.4, 0.5) is 10.3 Å². The van der Waals surface area contributed by atoms with Crippen LogP contribution in [0.1, 0.15) is 19.3 Å². The van der Waals surface area contributed by atoms with Crippen LogP contribution in [0.25, 0.3) is 0 Å². The second-order valence-corrected chi connectivity index (χ2v) is 6.25. The van der Waals surface area contributed by atoms with Crippen molar-refractivity contribution >= 4 is 5.95 Å². The van der Waals surface area contributed by atoms with Gasteiger partial charge in [-0.2, -0.15) is 0 Å². The zero-order valence-corrected chi connectivity index (χ0v) is 12.6. The molecular formula is C15H23FN4O.